The first-order chi connectivity index (χ1) is 11.5. The van der Waals surface area contributed by atoms with E-state index in [-0.39, 0.29) is 28.9 Å². The molecule has 1 N–H and O–H groups in total. The monoisotopic (exact) mass is 325 g/mol. The van der Waals surface area contributed by atoms with Crippen LogP contribution in [0.4, 0.5) is 8.78 Å². The van der Waals surface area contributed by atoms with E-state index >= 15 is 0 Å². The lowest BCUT2D eigenvalue weighted by atomic mass is 10.0. The van der Waals surface area contributed by atoms with Gasteiger partial charge in [0.1, 0.15) is 11.6 Å². The molecule has 120 valence electrons. The Kier molecular flexibility index (Phi) is 4.33. The summed E-state index contributed by atoms with van der Waals surface area (Å²) >= 11 is 0. The van der Waals surface area contributed by atoms with E-state index in [0.717, 1.165) is 0 Å². The van der Waals surface area contributed by atoms with Crippen molar-refractivity contribution in [3.8, 4) is 22.5 Å². The molecular formula is C19H13F2NO2. The minimum atomic E-state index is -1.03. The normalized spacial score (nSPS) is 10.6. The average molecular weight is 325 g/mol. The predicted molar refractivity (Wildman–Crippen MR) is 86.4 cm³/mol. The van der Waals surface area contributed by atoms with Gasteiger partial charge in [0.15, 0.2) is 0 Å². The maximum atomic E-state index is 14.1. The number of hydrogen-bond donors (Lipinski definition) is 1. The van der Waals surface area contributed by atoms with Crippen molar-refractivity contribution in [2.24, 2.45) is 0 Å². The highest BCUT2D eigenvalue weighted by atomic mass is 19.1. The number of aliphatic carboxylic acids is 1. The van der Waals surface area contributed by atoms with Crippen molar-refractivity contribution in [2.45, 2.75) is 6.42 Å². The van der Waals surface area contributed by atoms with E-state index in [2.05, 4.69) is 4.98 Å². The number of benzene rings is 2. The molecule has 5 heteroatoms. The zero-order chi connectivity index (χ0) is 17.1. The zero-order valence-electron chi connectivity index (χ0n) is 12.5. The van der Waals surface area contributed by atoms with Gasteiger partial charge in [0.2, 0.25) is 0 Å². The SMILES string of the molecule is O=C(O)Cc1cc(-c2ccccc2F)nc(-c2ccccc2F)c1. The number of hydrogen-bond acceptors (Lipinski definition) is 2. The number of aromatic nitrogens is 1. The second-order valence-electron chi connectivity index (χ2n) is 5.28. The predicted octanol–water partition coefficient (Wildman–Crippen LogP) is 4.32. The lowest BCUT2D eigenvalue weighted by Gasteiger charge is -2.10. The molecule has 3 nitrogen and oxygen atoms in total. The molecule has 0 unspecified atom stereocenters. The third-order valence-corrected chi connectivity index (χ3v) is 3.54. The average Bonchev–Trinajstić information content (AvgIpc) is 2.55. The summed E-state index contributed by atoms with van der Waals surface area (Å²) in [6, 6.07) is 15.1. The van der Waals surface area contributed by atoms with Gasteiger partial charge in [-0.1, -0.05) is 24.3 Å². The first-order valence-electron chi connectivity index (χ1n) is 7.27. The molecule has 0 saturated carbocycles. The number of nitrogens with zero attached hydrogens (tertiary/aromatic N) is 1. The number of carboxylic acids is 1. The fourth-order valence-electron chi connectivity index (χ4n) is 2.48. The molecule has 3 aromatic rings. The number of halogens is 2. The van der Waals surface area contributed by atoms with Crippen molar-refractivity contribution in [3.63, 3.8) is 0 Å². The van der Waals surface area contributed by atoms with Crippen LogP contribution in [-0.2, 0) is 11.2 Å². The molecule has 0 spiro atoms. The molecule has 2 aromatic carbocycles. The van der Waals surface area contributed by atoms with Gasteiger partial charge in [0.25, 0.3) is 0 Å². The van der Waals surface area contributed by atoms with Crippen molar-refractivity contribution in [2.75, 3.05) is 0 Å². The van der Waals surface area contributed by atoms with Crippen LogP contribution in [0.25, 0.3) is 22.5 Å². The van der Waals surface area contributed by atoms with Gasteiger partial charge in [0.05, 0.1) is 17.8 Å². The highest BCUT2D eigenvalue weighted by Crippen LogP contribution is 2.28. The second-order valence-corrected chi connectivity index (χ2v) is 5.28. The fraction of sp³-hybridized carbons (Fsp3) is 0.0526. The van der Waals surface area contributed by atoms with E-state index in [1.807, 2.05) is 0 Å². The molecule has 0 fully saturated rings. The maximum Gasteiger partial charge on any atom is 0.307 e. The Morgan fingerprint density at radius 3 is 1.75 bits per heavy atom. The van der Waals surface area contributed by atoms with Crippen molar-refractivity contribution in [1.29, 1.82) is 0 Å². The van der Waals surface area contributed by atoms with Gasteiger partial charge in [-0.15, -0.1) is 0 Å². The molecule has 0 aliphatic rings. The molecule has 0 amide bonds. The molecule has 1 aromatic heterocycles. The van der Waals surface area contributed by atoms with Gasteiger partial charge in [-0.05, 0) is 42.0 Å². The molecule has 0 atom stereocenters. The Morgan fingerprint density at radius 2 is 1.33 bits per heavy atom. The van der Waals surface area contributed by atoms with Crippen molar-refractivity contribution in [1.82, 2.24) is 4.98 Å². The van der Waals surface area contributed by atoms with E-state index < -0.39 is 17.6 Å². The molecule has 0 aliphatic heterocycles. The van der Waals surface area contributed by atoms with Gasteiger partial charge >= 0.3 is 5.97 Å². The number of rotatable bonds is 4. The summed E-state index contributed by atoms with van der Waals surface area (Å²) in [6.45, 7) is 0. The Bertz CT molecular complexity index is 846. The fourth-order valence-corrected chi connectivity index (χ4v) is 2.48. The van der Waals surface area contributed by atoms with Crippen molar-refractivity contribution >= 4 is 5.97 Å². The highest BCUT2D eigenvalue weighted by molar-refractivity contribution is 5.74. The molecule has 0 bridgehead atoms. The van der Waals surface area contributed by atoms with Gasteiger partial charge in [-0.2, -0.15) is 0 Å². The van der Waals surface area contributed by atoms with Gasteiger partial charge in [0, 0.05) is 11.1 Å². The summed E-state index contributed by atoms with van der Waals surface area (Å²) in [5.41, 5.74) is 1.44. The number of carboxylic acid groups (broad SMARTS) is 1. The Morgan fingerprint density at radius 1 is 0.875 bits per heavy atom. The summed E-state index contributed by atoms with van der Waals surface area (Å²) in [5, 5.41) is 9.03. The van der Waals surface area contributed by atoms with Crippen LogP contribution in [0.3, 0.4) is 0 Å². The second kappa shape index (κ2) is 6.58. The standard InChI is InChI=1S/C19H13F2NO2/c20-15-7-3-1-5-13(15)17-9-12(11-19(23)24)10-18(22-17)14-6-2-4-8-16(14)21/h1-10H,11H2,(H,23,24). The van der Waals surface area contributed by atoms with Crippen molar-refractivity contribution < 1.29 is 18.7 Å². The van der Waals surface area contributed by atoms with E-state index in [9.17, 15) is 13.6 Å². The van der Waals surface area contributed by atoms with Gasteiger partial charge in [-0.25, -0.2) is 13.8 Å². The van der Waals surface area contributed by atoms with Crippen LogP contribution in [0.5, 0.6) is 0 Å². The summed E-state index contributed by atoms with van der Waals surface area (Å²) < 4.78 is 28.1. The quantitative estimate of drug-likeness (QED) is 0.777. The van der Waals surface area contributed by atoms with Crippen LogP contribution in [-0.4, -0.2) is 16.1 Å². The Hall–Kier alpha value is -3.08. The molecule has 1 heterocycles. The molecule has 0 radical (unpaired) electrons. The topological polar surface area (TPSA) is 50.2 Å². The molecule has 0 saturated heterocycles. The van der Waals surface area contributed by atoms with E-state index in [1.54, 1.807) is 36.4 Å². The van der Waals surface area contributed by atoms with E-state index in [1.165, 1.54) is 24.3 Å². The third kappa shape index (κ3) is 3.30. The third-order valence-electron chi connectivity index (χ3n) is 3.54. The lowest BCUT2D eigenvalue weighted by Crippen LogP contribution is -2.02. The summed E-state index contributed by atoms with van der Waals surface area (Å²) in [7, 11) is 0. The minimum absolute atomic E-state index is 0.238. The highest BCUT2D eigenvalue weighted by Gasteiger charge is 2.13. The summed E-state index contributed by atoms with van der Waals surface area (Å²) in [4.78, 5) is 15.4. The Labute approximate surface area is 137 Å². The lowest BCUT2D eigenvalue weighted by molar-refractivity contribution is -0.136. The van der Waals surface area contributed by atoms with Crippen LogP contribution in [0.2, 0.25) is 0 Å². The van der Waals surface area contributed by atoms with E-state index in [0.29, 0.717) is 5.56 Å². The number of carbonyl (C=O) groups is 1. The maximum absolute atomic E-state index is 14.1. The summed E-state index contributed by atoms with van der Waals surface area (Å²) in [5.74, 6) is -1.98. The summed E-state index contributed by atoms with van der Waals surface area (Å²) in [6.07, 6.45) is -0.259. The van der Waals surface area contributed by atoms with Crippen LogP contribution in [0.15, 0.2) is 60.7 Å². The smallest absolute Gasteiger partial charge is 0.307 e. The van der Waals surface area contributed by atoms with Crippen LogP contribution in [0, 0.1) is 11.6 Å². The molecular weight excluding hydrogens is 312 g/mol. The number of pyridine rings is 1. The van der Waals surface area contributed by atoms with Crippen LogP contribution < -0.4 is 0 Å². The van der Waals surface area contributed by atoms with Gasteiger partial charge in [-0.3, -0.25) is 4.79 Å². The van der Waals surface area contributed by atoms with E-state index in [4.69, 9.17) is 5.11 Å². The largest absolute Gasteiger partial charge is 0.481 e. The molecule has 3 rings (SSSR count). The Balaban J connectivity index is 2.20. The van der Waals surface area contributed by atoms with Crippen LogP contribution in [0.1, 0.15) is 5.56 Å². The first kappa shape index (κ1) is 15.8. The molecule has 0 aliphatic carbocycles. The van der Waals surface area contributed by atoms with Crippen LogP contribution >= 0.6 is 0 Å². The first-order valence-corrected chi connectivity index (χ1v) is 7.27. The molecule has 24 heavy (non-hydrogen) atoms. The van der Waals surface area contributed by atoms with Gasteiger partial charge < -0.3 is 5.11 Å². The van der Waals surface area contributed by atoms with Crippen molar-refractivity contribution in [3.05, 3.63) is 77.9 Å². The minimum Gasteiger partial charge on any atom is -0.481 e. The zero-order valence-corrected chi connectivity index (χ0v) is 12.5.